The van der Waals surface area contributed by atoms with Crippen molar-refractivity contribution >= 4 is 51.1 Å². The van der Waals surface area contributed by atoms with E-state index in [9.17, 15) is 19.5 Å². The van der Waals surface area contributed by atoms with Crippen molar-refractivity contribution in [3.05, 3.63) is 85.5 Å². The Morgan fingerprint density at radius 2 is 1.78 bits per heavy atom. The van der Waals surface area contributed by atoms with E-state index in [4.69, 9.17) is 4.74 Å². The lowest BCUT2D eigenvalue weighted by Gasteiger charge is -2.38. The summed E-state index contributed by atoms with van der Waals surface area (Å²) in [6.45, 7) is 11.8. The molecule has 3 aliphatic heterocycles. The molecule has 2 aromatic rings. The number of alkyl halides is 1. The zero-order valence-corrected chi connectivity index (χ0v) is 28.8. The molecule has 2 bridgehead atoms. The van der Waals surface area contributed by atoms with Gasteiger partial charge in [-0.05, 0) is 62.4 Å². The van der Waals surface area contributed by atoms with Crippen LogP contribution in [0.1, 0.15) is 38.2 Å². The van der Waals surface area contributed by atoms with Gasteiger partial charge in [-0.3, -0.25) is 14.4 Å². The molecule has 0 aromatic heterocycles. The van der Waals surface area contributed by atoms with Gasteiger partial charge in [-0.1, -0.05) is 58.4 Å². The molecule has 1 N–H and O–H groups in total. The Morgan fingerprint density at radius 3 is 2.43 bits per heavy atom. The number of thioether (sulfide) groups is 1. The number of carbonyl (C=O) groups is 3. The third kappa shape index (κ3) is 6.53. The van der Waals surface area contributed by atoms with Crippen LogP contribution in [0, 0.1) is 11.8 Å². The standard InChI is InChI=1S/C36H44BrN3O5S/c1-4-19-38(24-25-13-9-7-10-14-25)35(44)32-36-23-28(37)31(46-36)29(30(36)34(43)40(32)21-11-8-12-22-41)33(42)39(20-5-2)26-15-17-27(18-16-26)45-6-3/h4-5,7,9-10,13-18,28-32,41H,1-2,6,8,11-12,19-24H2,3H3/t28?,29-,30+,31-,32?,36?/m1/s1. The van der Waals surface area contributed by atoms with Crippen molar-refractivity contribution in [1.82, 2.24) is 9.80 Å². The summed E-state index contributed by atoms with van der Waals surface area (Å²) in [4.78, 5) is 49.2. The highest BCUT2D eigenvalue weighted by atomic mass is 79.9. The number of ether oxygens (including phenoxy) is 1. The number of benzene rings is 2. The summed E-state index contributed by atoms with van der Waals surface area (Å²) in [7, 11) is 0. The Kier molecular flexibility index (Phi) is 11.3. The Labute approximate surface area is 285 Å². The predicted molar refractivity (Wildman–Crippen MR) is 187 cm³/mol. The maximum Gasteiger partial charge on any atom is 0.247 e. The SMILES string of the molecule is C=CCN(Cc1ccccc1)C(=O)C1N(CCCCCO)C(=O)[C@@H]2[C@@H](C(=O)N(CC=C)c3ccc(OCC)cc3)[C@@H]3SC12CC3Br. The second-order valence-electron chi connectivity index (χ2n) is 12.1. The molecule has 1 spiro atoms. The number of unbranched alkanes of at least 4 members (excludes halogenated alkanes) is 2. The van der Waals surface area contributed by atoms with Crippen molar-refractivity contribution in [3.63, 3.8) is 0 Å². The number of nitrogens with zero attached hydrogens (tertiary/aromatic N) is 3. The van der Waals surface area contributed by atoms with E-state index in [0.29, 0.717) is 57.7 Å². The van der Waals surface area contributed by atoms with Crippen LogP contribution in [0.25, 0.3) is 0 Å². The van der Waals surface area contributed by atoms with Crippen LogP contribution in [0.15, 0.2) is 79.9 Å². The van der Waals surface area contributed by atoms with E-state index in [1.54, 1.807) is 38.6 Å². The fourth-order valence-electron chi connectivity index (χ4n) is 7.39. The number of fused-ring (bicyclic) bond motifs is 1. The lowest BCUT2D eigenvalue weighted by Crippen LogP contribution is -2.55. The van der Waals surface area contributed by atoms with E-state index in [-0.39, 0.29) is 34.4 Å². The van der Waals surface area contributed by atoms with E-state index < -0.39 is 22.6 Å². The van der Waals surface area contributed by atoms with E-state index in [1.807, 2.05) is 61.5 Å². The molecule has 246 valence electrons. The lowest BCUT2D eigenvalue weighted by atomic mass is 9.70. The molecule has 8 nitrogen and oxygen atoms in total. The van der Waals surface area contributed by atoms with Gasteiger partial charge in [-0.15, -0.1) is 24.9 Å². The maximum atomic E-state index is 14.7. The summed E-state index contributed by atoms with van der Waals surface area (Å²) in [6.07, 6.45) is 6.07. The highest BCUT2D eigenvalue weighted by molar-refractivity contribution is 9.09. The number of aliphatic hydroxyl groups excluding tert-OH is 1. The number of halogens is 1. The Bertz CT molecular complexity index is 1410. The highest BCUT2D eigenvalue weighted by Crippen LogP contribution is 2.68. The van der Waals surface area contributed by atoms with Crippen LogP contribution >= 0.6 is 27.7 Å². The predicted octanol–water partition coefficient (Wildman–Crippen LogP) is 5.45. The van der Waals surface area contributed by atoms with Crippen LogP contribution in [-0.4, -0.2) is 86.3 Å². The summed E-state index contributed by atoms with van der Waals surface area (Å²) in [6, 6.07) is 16.5. The molecular weight excluding hydrogens is 666 g/mol. The first kappa shape index (κ1) is 34.3. The largest absolute Gasteiger partial charge is 0.494 e. The smallest absolute Gasteiger partial charge is 0.247 e. The van der Waals surface area contributed by atoms with Gasteiger partial charge in [-0.25, -0.2) is 0 Å². The maximum absolute atomic E-state index is 14.7. The molecule has 3 heterocycles. The summed E-state index contributed by atoms with van der Waals surface area (Å²) in [5.74, 6) is -0.895. The van der Waals surface area contributed by atoms with E-state index in [2.05, 4.69) is 29.1 Å². The molecule has 6 atom stereocenters. The Balaban J connectivity index is 1.51. The van der Waals surface area contributed by atoms with Crippen LogP contribution in [-0.2, 0) is 20.9 Å². The highest BCUT2D eigenvalue weighted by Gasteiger charge is 2.76. The number of anilines is 1. The van der Waals surface area contributed by atoms with Gasteiger partial charge in [0.05, 0.1) is 23.2 Å². The van der Waals surface area contributed by atoms with Gasteiger partial charge in [0.2, 0.25) is 17.7 Å². The third-order valence-electron chi connectivity index (χ3n) is 9.28. The molecule has 3 unspecified atom stereocenters. The van der Waals surface area contributed by atoms with Crippen LogP contribution < -0.4 is 9.64 Å². The first-order chi connectivity index (χ1) is 22.3. The molecule has 0 saturated carbocycles. The molecule has 0 aliphatic carbocycles. The van der Waals surface area contributed by atoms with Crippen molar-refractivity contribution in [3.8, 4) is 5.75 Å². The van der Waals surface area contributed by atoms with Gasteiger partial charge in [0.1, 0.15) is 11.8 Å². The average molecular weight is 711 g/mol. The summed E-state index contributed by atoms with van der Waals surface area (Å²) < 4.78 is 4.86. The quantitative estimate of drug-likeness (QED) is 0.142. The van der Waals surface area contributed by atoms with Crippen molar-refractivity contribution in [2.75, 3.05) is 37.7 Å². The molecular formula is C36H44BrN3O5S. The van der Waals surface area contributed by atoms with E-state index >= 15 is 0 Å². The van der Waals surface area contributed by atoms with E-state index in [0.717, 1.165) is 17.7 Å². The van der Waals surface area contributed by atoms with Gasteiger partial charge in [0.15, 0.2) is 0 Å². The molecule has 2 aromatic carbocycles. The lowest BCUT2D eigenvalue weighted by molar-refractivity contribution is -0.143. The molecule has 3 saturated heterocycles. The van der Waals surface area contributed by atoms with Crippen molar-refractivity contribution < 1.29 is 24.2 Å². The number of hydrogen-bond acceptors (Lipinski definition) is 6. The van der Waals surface area contributed by atoms with Gasteiger partial charge in [0, 0.05) is 48.6 Å². The summed E-state index contributed by atoms with van der Waals surface area (Å²) >= 11 is 5.54. The summed E-state index contributed by atoms with van der Waals surface area (Å²) in [5, 5.41) is 9.22. The number of hydrogen-bond donors (Lipinski definition) is 1. The zero-order chi connectivity index (χ0) is 32.8. The molecule has 0 radical (unpaired) electrons. The minimum Gasteiger partial charge on any atom is -0.494 e. The number of rotatable bonds is 16. The van der Waals surface area contributed by atoms with Crippen LogP contribution in [0.3, 0.4) is 0 Å². The number of aliphatic hydroxyl groups is 1. The second kappa shape index (κ2) is 15.2. The van der Waals surface area contributed by atoms with Gasteiger partial charge in [-0.2, -0.15) is 0 Å². The Hall–Kier alpha value is -3.08. The van der Waals surface area contributed by atoms with E-state index in [1.165, 1.54) is 0 Å². The normalized spacial score (nSPS) is 26.1. The van der Waals surface area contributed by atoms with Gasteiger partial charge < -0.3 is 24.5 Å². The van der Waals surface area contributed by atoms with Crippen LogP contribution in [0.5, 0.6) is 5.75 Å². The second-order valence-corrected chi connectivity index (χ2v) is 14.9. The van der Waals surface area contributed by atoms with Crippen molar-refractivity contribution in [2.45, 2.75) is 60.0 Å². The van der Waals surface area contributed by atoms with Gasteiger partial charge in [0.25, 0.3) is 0 Å². The van der Waals surface area contributed by atoms with Gasteiger partial charge >= 0.3 is 0 Å². The topological polar surface area (TPSA) is 90.4 Å². The minimum atomic E-state index is -0.751. The zero-order valence-electron chi connectivity index (χ0n) is 26.4. The Morgan fingerprint density at radius 1 is 1.07 bits per heavy atom. The molecule has 5 rings (SSSR count). The molecule has 3 amide bonds. The third-order valence-corrected chi connectivity index (χ3v) is 12.5. The van der Waals surface area contributed by atoms with Crippen LogP contribution in [0.2, 0.25) is 0 Å². The molecule has 10 heteroatoms. The number of amides is 3. The molecule has 3 fully saturated rings. The van der Waals surface area contributed by atoms with Crippen molar-refractivity contribution in [1.29, 1.82) is 0 Å². The van der Waals surface area contributed by atoms with Crippen LogP contribution in [0.4, 0.5) is 5.69 Å². The molecule has 46 heavy (non-hydrogen) atoms. The minimum absolute atomic E-state index is 0.0342. The first-order valence-electron chi connectivity index (χ1n) is 16.1. The molecule has 3 aliphatic rings. The fraction of sp³-hybridized carbons (Fsp3) is 0.472. The van der Waals surface area contributed by atoms with Crippen molar-refractivity contribution in [2.24, 2.45) is 11.8 Å². The number of likely N-dealkylation sites (tertiary alicyclic amines) is 1. The summed E-state index contributed by atoms with van der Waals surface area (Å²) in [5.41, 5.74) is 1.70. The monoisotopic (exact) mass is 709 g/mol. The average Bonchev–Trinajstić information content (AvgIpc) is 3.65. The number of carbonyl (C=O) groups excluding carboxylic acids is 3. The first-order valence-corrected chi connectivity index (χ1v) is 17.9. The fourth-order valence-corrected chi connectivity index (χ4v) is 11.0.